The number of morpholine rings is 1. The smallest absolute Gasteiger partial charge is 0.447 e. The molecule has 0 radical (unpaired) electrons. The summed E-state index contributed by atoms with van der Waals surface area (Å²) in [7, 11) is -1.77. The number of nitrogens with zero attached hydrogens (tertiary/aromatic N) is 3. The Balaban J connectivity index is 1.43. The molecule has 2 amide bonds. The fourth-order valence-corrected chi connectivity index (χ4v) is 6.17. The van der Waals surface area contributed by atoms with Crippen molar-refractivity contribution in [1.29, 1.82) is 5.26 Å². The Kier molecular flexibility index (Phi) is 9.02. The van der Waals surface area contributed by atoms with E-state index in [1.807, 2.05) is 51.1 Å². The van der Waals surface area contributed by atoms with E-state index in [0.29, 0.717) is 32.5 Å². The van der Waals surface area contributed by atoms with Crippen molar-refractivity contribution < 1.29 is 29.1 Å². The first-order chi connectivity index (χ1) is 18.5. The molecule has 4 rings (SSSR count). The number of nitriles is 1. The first-order valence-electron chi connectivity index (χ1n) is 13.7. The Labute approximate surface area is 230 Å². The number of alkyl carbamates (subject to hydrolysis) is 1. The summed E-state index contributed by atoms with van der Waals surface area (Å²) in [6.45, 7) is 8.01. The molecule has 1 aromatic carbocycles. The van der Waals surface area contributed by atoms with Gasteiger partial charge in [0.1, 0.15) is 18.2 Å². The van der Waals surface area contributed by atoms with Gasteiger partial charge in [-0.1, -0.05) is 30.3 Å². The summed E-state index contributed by atoms with van der Waals surface area (Å²) in [4.78, 5) is 30.4. The molecule has 0 saturated carbocycles. The van der Waals surface area contributed by atoms with Crippen LogP contribution in [0, 0.1) is 11.3 Å². The van der Waals surface area contributed by atoms with Gasteiger partial charge in [-0.3, -0.25) is 9.69 Å². The van der Waals surface area contributed by atoms with Gasteiger partial charge in [-0.15, -0.1) is 0 Å². The lowest BCUT2D eigenvalue weighted by Gasteiger charge is -2.41. The molecular formula is C28H39BN4O6. The van der Waals surface area contributed by atoms with Crippen molar-refractivity contribution in [3.8, 4) is 6.07 Å². The molecule has 3 heterocycles. The number of benzene rings is 1. The van der Waals surface area contributed by atoms with Gasteiger partial charge in [-0.25, -0.2) is 4.79 Å². The summed E-state index contributed by atoms with van der Waals surface area (Å²) >= 11 is 0. The van der Waals surface area contributed by atoms with Crippen molar-refractivity contribution >= 4 is 19.1 Å². The van der Waals surface area contributed by atoms with Crippen LogP contribution in [-0.4, -0.2) is 94.4 Å². The SMILES string of the molecule is C[C@H]1CN(C(C)(C)C=C(C#N)C(=O)N2C3CCC2(COC(=O)NC(Cc2ccccc2)B(O)O)CC3)CCO1. The van der Waals surface area contributed by atoms with E-state index in [9.17, 15) is 24.9 Å². The minimum Gasteiger partial charge on any atom is -0.447 e. The van der Waals surface area contributed by atoms with E-state index in [4.69, 9.17) is 9.47 Å². The summed E-state index contributed by atoms with van der Waals surface area (Å²) in [5.41, 5.74) is -0.265. The Morgan fingerprint density at radius 3 is 2.62 bits per heavy atom. The molecule has 0 aliphatic carbocycles. The first-order valence-corrected chi connectivity index (χ1v) is 13.7. The predicted octanol–water partition coefficient (Wildman–Crippen LogP) is 1.81. The van der Waals surface area contributed by atoms with Gasteiger partial charge in [0.2, 0.25) is 0 Å². The summed E-state index contributed by atoms with van der Waals surface area (Å²) in [5.74, 6) is -1.28. The number of amides is 2. The van der Waals surface area contributed by atoms with Crippen molar-refractivity contribution in [2.75, 3.05) is 26.3 Å². The second kappa shape index (κ2) is 12.1. The molecule has 3 aliphatic rings. The van der Waals surface area contributed by atoms with Crippen LogP contribution in [0.3, 0.4) is 0 Å². The third-order valence-electron chi connectivity index (χ3n) is 8.32. The van der Waals surface area contributed by atoms with Crippen LogP contribution in [0.4, 0.5) is 4.79 Å². The molecule has 3 fully saturated rings. The van der Waals surface area contributed by atoms with Crippen LogP contribution in [0.15, 0.2) is 42.0 Å². The van der Waals surface area contributed by atoms with Gasteiger partial charge in [-0.05, 0) is 64.5 Å². The molecule has 0 spiro atoms. The molecular weight excluding hydrogens is 499 g/mol. The topological polar surface area (TPSA) is 135 Å². The molecule has 0 aromatic heterocycles. The van der Waals surface area contributed by atoms with Crippen molar-refractivity contribution in [2.45, 2.75) is 82.0 Å². The van der Waals surface area contributed by atoms with Crippen LogP contribution in [0.2, 0.25) is 0 Å². The molecule has 1 unspecified atom stereocenters. The Morgan fingerprint density at radius 2 is 2.00 bits per heavy atom. The first kappa shape index (κ1) is 29.1. The molecule has 10 nitrogen and oxygen atoms in total. The van der Waals surface area contributed by atoms with Gasteiger partial charge in [0, 0.05) is 24.7 Å². The zero-order valence-electron chi connectivity index (χ0n) is 23.0. The number of carbonyl (C=O) groups is 2. The zero-order chi connectivity index (χ0) is 28.2. The largest absolute Gasteiger partial charge is 0.475 e. The van der Waals surface area contributed by atoms with E-state index in [2.05, 4.69) is 16.3 Å². The van der Waals surface area contributed by atoms with E-state index in [1.54, 1.807) is 11.0 Å². The van der Waals surface area contributed by atoms with Crippen LogP contribution in [0.25, 0.3) is 0 Å². The summed E-state index contributed by atoms with van der Waals surface area (Å²) in [5, 5.41) is 32.1. The summed E-state index contributed by atoms with van der Waals surface area (Å²) in [6, 6.07) is 11.3. The average Bonchev–Trinajstić information content (AvgIpc) is 3.46. The Bertz CT molecular complexity index is 1100. The van der Waals surface area contributed by atoms with E-state index in [0.717, 1.165) is 18.4 Å². The Morgan fingerprint density at radius 1 is 1.31 bits per heavy atom. The van der Waals surface area contributed by atoms with Crippen LogP contribution >= 0.6 is 0 Å². The highest BCUT2D eigenvalue weighted by atomic mass is 16.6. The molecule has 11 heteroatoms. The van der Waals surface area contributed by atoms with Crippen LogP contribution < -0.4 is 5.32 Å². The molecule has 3 aliphatic heterocycles. The van der Waals surface area contributed by atoms with Gasteiger partial charge in [0.15, 0.2) is 0 Å². The minimum absolute atomic E-state index is 0.00229. The van der Waals surface area contributed by atoms with Crippen LogP contribution in [0.5, 0.6) is 0 Å². The molecule has 3 N–H and O–H groups in total. The monoisotopic (exact) mass is 538 g/mol. The van der Waals surface area contributed by atoms with Crippen molar-refractivity contribution in [3.63, 3.8) is 0 Å². The number of hydrogen-bond donors (Lipinski definition) is 3. The van der Waals surface area contributed by atoms with E-state index in [-0.39, 0.29) is 36.7 Å². The number of fused-ring (bicyclic) bond motifs is 2. The number of carbonyl (C=O) groups excluding carboxylic acids is 2. The maximum atomic E-state index is 13.8. The van der Waals surface area contributed by atoms with Gasteiger partial charge < -0.3 is 29.7 Å². The van der Waals surface area contributed by atoms with E-state index in [1.165, 1.54) is 0 Å². The van der Waals surface area contributed by atoms with Crippen molar-refractivity contribution in [3.05, 3.63) is 47.5 Å². The van der Waals surface area contributed by atoms with Gasteiger partial charge >= 0.3 is 13.2 Å². The second-order valence-corrected chi connectivity index (χ2v) is 11.5. The molecule has 1 aromatic rings. The molecule has 210 valence electrons. The molecule has 2 atom stereocenters. The fourth-order valence-electron chi connectivity index (χ4n) is 6.17. The van der Waals surface area contributed by atoms with Gasteiger partial charge in [-0.2, -0.15) is 5.26 Å². The Hall–Kier alpha value is -2.91. The normalized spacial score (nSPS) is 26.2. The third-order valence-corrected chi connectivity index (χ3v) is 8.32. The summed E-state index contributed by atoms with van der Waals surface area (Å²) in [6.07, 6.45) is 4.19. The lowest BCUT2D eigenvalue weighted by molar-refractivity contribution is -0.132. The fraction of sp³-hybridized carbons (Fsp3) is 0.607. The van der Waals surface area contributed by atoms with Gasteiger partial charge in [0.25, 0.3) is 5.91 Å². The number of hydrogen-bond acceptors (Lipinski definition) is 8. The summed E-state index contributed by atoms with van der Waals surface area (Å²) < 4.78 is 11.2. The number of ether oxygens (including phenoxy) is 2. The van der Waals surface area contributed by atoms with Crippen LogP contribution in [-0.2, 0) is 20.7 Å². The quantitative estimate of drug-likeness (QED) is 0.246. The maximum Gasteiger partial charge on any atom is 0.475 e. The predicted molar refractivity (Wildman–Crippen MR) is 145 cm³/mol. The van der Waals surface area contributed by atoms with Crippen LogP contribution in [0.1, 0.15) is 52.0 Å². The van der Waals surface area contributed by atoms with Crippen molar-refractivity contribution in [2.24, 2.45) is 0 Å². The maximum absolute atomic E-state index is 13.8. The van der Waals surface area contributed by atoms with E-state index < -0.39 is 30.2 Å². The molecule has 2 bridgehead atoms. The number of nitrogens with one attached hydrogen (secondary N) is 1. The van der Waals surface area contributed by atoms with Crippen molar-refractivity contribution in [1.82, 2.24) is 15.1 Å². The second-order valence-electron chi connectivity index (χ2n) is 11.5. The third kappa shape index (κ3) is 6.64. The zero-order valence-corrected chi connectivity index (χ0v) is 23.0. The lowest BCUT2D eigenvalue weighted by atomic mass is 9.76. The minimum atomic E-state index is -1.77. The highest BCUT2D eigenvalue weighted by Gasteiger charge is 2.55. The highest BCUT2D eigenvalue weighted by Crippen LogP contribution is 2.47. The molecule has 3 saturated heterocycles. The van der Waals surface area contributed by atoms with E-state index >= 15 is 0 Å². The molecule has 39 heavy (non-hydrogen) atoms. The standard InChI is InChI=1S/C28H39BN4O6/c1-20-18-32(13-14-38-20)27(2,3)16-22(17-30)25(34)33-23-9-11-28(33,12-10-23)19-39-26(35)31-24(29(36)37)15-21-7-5-4-6-8-21/h4-8,16,20,23-24,36-37H,9-15,18-19H2,1-3H3,(H,31,35)/t20-,23?,24?,28?/m0/s1. The highest BCUT2D eigenvalue weighted by molar-refractivity contribution is 6.43. The van der Waals surface area contributed by atoms with Gasteiger partial charge in [0.05, 0.1) is 24.2 Å². The lowest BCUT2D eigenvalue weighted by Crippen LogP contribution is -2.53. The average molecular weight is 538 g/mol. The number of rotatable bonds is 9.